The largest absolute Gasteiger partial charge is 0.510 e. The van der Waals surface area contributed by atoms with E-state index in [2.05, 4.69) is 68.0 Å². The van der Waals surface area contributed by atoms with E-state index in [9.17, 15) is 0 Å². The minimum Gasteiger partial charge on any atom is -0.510 e. The number of fused-ring (bicyclic) bond motifs is 3. The van der Waals surface area contributed by atoms with Gasteiger partial charge in [-0.25, -0.2) is 0 Å². The van der Waals surface area contributed by atoms with Crippen LogP contribution in [0.1, 0.15) is 36.6 Å². The van der Waals surface area contributed by atoms with E-state index in [-0.39, 0.29) is 25.5 Å². The molecule has 0 amide bonds. The molecular formula is C21H20IrN2O-2. The minimum absolute atomic E-state index is 0. The van der Waals surface area contributed by atoms with Crippen molar-refractivity contribution >= 4 is 5.69 Å². The van der Waals surface area contributed by atoms with Crippen molar-refractivity contribution < 1.29 is 24.8 Å². The number of ether oxygens (including phenoxy) is 1. The molecule has 0 spiro atoms. The molecule has 1 radical (unpaired) electrons. The average Bonchev–Trinajstić information content (AvgIpc) is 3.30. The number of anilines is 1. The van der Waals surface area contributed by atoms with Crippen LogP contribution < -0.4 is 4.90 Å². The summed E-state index contributed by atoms with van der Waals surface area (Å²) in [5, 5.41) is 0. The van der Waals surface area contributed by atoms with Crippen LogP contribution in [0.2, 0.25) is 0 Å². The molecule has 3 aliphatic rings. The predicted octanol–water partition coefficient (Wildman–Crippen LogP) is 4.20. The molecule has 1 saturated heterocycles. The maximum atomic E-state index is 5.47. The molecule has 3 nitrogen and oxygen atoms in total. The van der Waals surface area contributed by atoms with Gasteiger partial charge in [0.15, 0.2) is 0 Å². The van der Waals surface area contributed by atoms with Crippen LogP contribution in [0.3, 0.4) is 0 Å². The summed E-state index contributed by atoms with van der Waals surface area (Å²) in [6, 6.07) is 14.7. The van der Waals surface area contributed by atoms with E-state index < -0.39 is 0 Å². The van der Waals surface area contributed by atoms with Gasteiger partial charge in [0.05, 0.1) is 6.61 Å². The second-order valence-electron chi connectivity index (χ2n) is 7.38. The van der Waals surface area contributed by atoms with Gasteiger partial charge in [-0.2, -0.15) is 18.8 Å². The molecule has 2 aromatic carbocycles. The maximum Gasteiger partial charge on any atom is 0.106 e. The monoisotopic (exact) mass is 509 g/mol. The fourth-order valence-corrected chi connectivity index (χ4v) is 3.86. The number of epoxide rings is 1. The van der Waals surface area contributed by atoms with Crippen LogP contribution in [0, 0.1) is 12.7 Å². The minimum atomic E-state index is -0.00520. The second kappa shape index (κ2) is 5.70. The van der Waals surface area contributed by atoms with Gasteiger partial charge >= 0.3 is 0 Å². The molecule has 0 N–H and O–H groups in total. The number of hydrogen-bond acceptors (Lipinski definition) is 3. The van der Waals surface area contributed by atoms with Crippen molar-refractivity contribution in [2.45, 2.75) is 25.4 Å². The summed E-state index contributed by atoms with van der Waals surface area (Å²) in [4.78, 5) is 4.16. The van der Waals surface area contributed by atoms with E-state index in [1.807, 2.05) is 18.1 Å². The van der Waals surface area contributed by atoms with Gasteiger partial charge in [-0.3, -0.25) is 0 Å². The van der Waals surface area contributed by atoms with Crippen LogP contribution >= 0.6 is 0 Å². The summed E-state index contributed by atoms with van der Waals surface area (Å²) in [6.07, 6.45) is 4.41. The summed E-state index contributed by atoms with van der Waals surface area (Å²) in [7, 11) is 2.03. The summed E-state index contributed by atoms with van der Waals surface area (Å²) < 4.78 is 5.47. The van der Waals surface area contributed by atoms with Crippen LogP contribution in [-0.4, -0.2) is 18.6 Å². The van der Waals surface area contributed by atoms with Gasteiger partial charge in [-0.15, -0.1) is 22.9 Å². The van der Waals surface area contributed by atoms with Gasteiger partial charge in [0.1, 0.15) is 6.10 Å². The zero-order valence-electron chi connectivity index (χ0n) is 14.5. The van der Waals surface area contributed by atoms with Crippen molar-refractivity contribution in [3.63, 3.8) is 0 Å². The van der Waals surface area contributed by atoms with Crippen molar-refractivity contribution in [1.29, 1.82) is 0 Å². The number of rotatable bonds is 2. The Morgan fingerprint density at radius 3 is 2.60 bits per heavy atom. The third-order valence-electron chi connectivity index (χ3n) is 5.37. The molecule has 1 unspecified atom stereocenters. The summed E-state index contributed by atoms with van der Waals surface area (Å²) in [6.45, 7) is 7.55. The summed E-state index contributed by atoms with van der Waals surface area (Å²) >= 11 is 0. The Bertz CT molecular complexity index is 870. The van der Waals surface area contributed by atoms with Crippen LogP contribution in [0.15, 0.2) is 42.7 Å². The molecule has 0 saturated carbocycles. The topological polar surface area (TPSA) is 19.0 Å². The Kier molecular flexibility index (Phi) is 3.84. The van der Waals surface area contributed by atoms with Gasteiger partial charge in [0, 0.05) is 20.1 Å². The van der Waals surface area contributed by atoms with Crippen molar-refractivity contribution in [2.75, 3.05) is 18.6 Å². The SMILES string of the molecule is CN1C=CN(c2[c-]cc3c(c2)C(C)(C)c2cc(C4CO4)ccc2-3)[CH-]1.[Ir]. The van der Waals surface area contributed by atoms with Crippen molar-refractivity contribution in [2.24, 2.45) is 0 Å². The Morgan fingerprint density at radius 2 is 1.92 bits per heavy atom. The standard InChI is InChI=1S/C21H20N2O.Ir/c1-21(2)18-10-14(20-12-24-20)4-6-16(18)17-7-5-15(11-19(17)21)23-9-8-22(3)13-23;/h4,6-11,13,20H,12H2,1-3H3;/q-2;. The van der Waals surface area contributed by atoms with Gasteiger partial charge in [0.25, 0.3) is 0 Å². The molecule has 2 aliphatic heterocycles. The van der Waals surface area contributed by atoms with Gasteiger partial charge < -0.3 is 14.5 Å². The van der Waals surface area contributed by atoms with Crippen molar-refractivity contribution in [1.82, 2.24) is 4.90 Å². The molecule has 0 bridgehead atoms. The van der Waals surface area contributed by atoms with Crippen LogP contribution in [0.5, 0.6) is 0 Å². The van der Waals surface area contributed by atoms with Crippen LogP contribution in [0.4, 0.5) is 5.69 Å². The molecule has 1 aliphatic carbocycles. The zero-order valence-corrected chi connectivity index (χ0v) is 16.9. The fraction of sp³-hybridized carbons (Fsp3) is 0.286. The third kappa shape index (κ3) is 2.55. The van der Waals surface area contributed by atoms with Gasteiger partial charge in [-0.05, 0) is 36.0 Å². The van der Waals surface area contributed by atoms with Crippen LogP contribution in [-0.2, 0) is 30.3 Å². The molecule has 2 heterocycles. The molecular weight excluding hydrogens is 488 g/mol. The molecule has 131 valence electrons. The number of benzene rings is 2. The smallest absolute Gasteiger partial charge is 0.106 e. The predicted molar refractivity (Wildman–Crippen MR) is 95.2 cm³/mol. The first-order chi connectivity index (χ1) is 11.5. The molecule has 25 heavy (non-hydrogen) atoms. The number of nitrogens with zero attached hydrogens (tertiary/aromatic N) is 2. The molecule has 0 aromatic heterocycles. The molecule has 1 atom stereocenters. The van der Waals surface area contributed by atoms with Crippen molar-refractivity contribution in [3.05, 3.63) is 72.2 Å². The first-order valence-electron chi connectivity index (χ1n) is 8.40. The zero-order chi connectivity index (χ0) is 16.5. The van der Waals surface area contributed by atoms with Gasteiger partial charge in [-0.1, -0.05) is 37.6 Å². The quantitative estimate of drug-likeness (QED) is 0.448. The number of hydrogen-bond donors (Lipinski definition) is 0. The maximum absolute atomic E-state index is 5.47. The normalized spacial score (nSPS) is 21.8. The van der Waals surface area contributed by atoms with E-state index in [0.29, 0.717) is 6.10 Å². The molecule has 5 rings (SSSR count). The van der Waals surface area contributed by atoms with Crippen LogP contribution in [0.25, 0.3) is 11.1 Å². The first-order valence-corrected chi connectivity index (χ1v) is 8.40. The average molecular weight is 509 g/mol. The fourth-order valence-electron chi connectivity index (χ4n) is 3.86. The van der Waals surface area contributed by atoms with E-state index in [4.69, 9.17) is 4.74 Å². The van der Waals surface area contributed by atoms with E-state index in [0.717, 1.165) is 12.3 Å². The third-order valence-corrected chi connectivity index (χ3v) is 5.37. The Labute approximate surface area is 162 Å². The summed E-state index contributed by atoms with van der Waals surface area (Å²) in [5.74, 6) is 0. The summed E-state index contributed by atoms with van der Waals surface area (Å²) in [5.41, 5.74) is 7.79. The van der Waals surface area contributed by atoms with E-state index in [1.165, 1.54) is 27.8 Å². The second-order valence-corrected chi connectivity index (χ2v) is 7.38. The Morgan fingerprint density at radius 1 is 1.16 bits per heavy atom. The molecule has 1 fully saturated rings. The van der Waals surface area contributed by atoms with Gasteiger partial charge in [0.2, 0.25) is 0 Å². The Hall–Kier alpha value is -1.61. The van der Waals surface area contributed by atoms with E-state index in [1.54, 1.807) is 0 Å². The first kappa shape index (κ1) is 16.8. The molecule has 2 aromatic rings. The van der Waals surface area contributed by atoms with Crippen molar-refractivity contribution in [3.8, 4) is 11.1 Å². The van der Waals surface area contributed by atoms with E-state index >= 15 is 0 Å². The Balaban J connectivity index is 0.00000157. The molecule has 4 heteroatoms.